The molecule has 0 atom stereocenters. The Bertz CT molecular complexity index is 522. The van der Waals surface area contributed by atoms with Gasteiger partial charge in [0.05, 0.1) is 26.4 Å². The van der Waals surface area contributed by atoms with E-state index in [4.69, 9.17) is 14.2 Å². The van der Waals surface area contributed by atoms with E-state index < -0.39 is 0 Å². The minimum atomic E-state index is 0.0760. The lowest BCUT2D eigenvalue weighted by molar-refractivity contribution is 0.0380. The van der Waals surface area contributed by atoms with E-state index in [9.17, 15) is 0 Å². The number of hydrogen-bond acceptors (Lipinski definition) is 5. The van der Waals surface area contributed by atoms with E-state index in [0.29, 0.717) is 19.8 Å². The number of ether oxygens (including phenoxy) is 3. The largest absolute Gasteiger partial charge is 0.491 e. The molecule has 1 fully saturated rings. The topological polar surface area (TPSA) is 43.0 Å². The molecule has 1 aromatic carbocycles. The molecule has 1 heterocycles. The summed E-state index contributed by atoms with van der Waals surface area (Å²) in [4.78, 5) is 2.43. The van der Waals surface area contributed by atoms with Crippen molar-refractivity contribution in [3.8, 4) is 5.75 Å². The maximum atomic E-state index is 5.96. The van der Waals surface area contributed by atoms with Crippen molar-refractivity contribution in [2.45, 2.75) is 33.1 Å². The molecule has 1 aliphatic heterocycles. The first-order valence-electron chi connectivity index (χ1n) is 9.79. The van der Waals surface area contributed by atoms with Gasteiger partial charge in [0.25, 0.3) is 0 Å². The van der Waals surface area contributed by atoms with Gasteiger partial charge in [0.2, 0.25) is 0 Å². The standard InChI is InChI=1S/C21H36N2O3/c1-18-5-6-20(19(17-18)21(2,3)4)26-16-15-24-12-8-22-7-9-23-10-13-25-14-11-23/h5-6,17,22H,7-16H2,1-4H3. The van der Waals surface area contributed by atoms with Crippen LogP contribution in [0, 0.1) is 6.92 Å². The highest BCUT2D eigenvalue weighted by Crippen LogP contribution is 2.32. The summed E-state index contributed by atoms with van der Waals surface area (Å²) in [5.74, 6) is 0.968. The van der Waals surface area contributed by atoms with Crippen LogP contribution in [0.25, 0.3) is 0 Å². The molecule has 5 nitrogen and oxygen atoms in total. The number of morpholine rings is 1. The highest BCUT2D eigenvalue weighted by Gasteiger charge is 2.19. The molecular weight excluding hydrogens is 328 g/mol. The lowest BCUT2D eigenvalue weighted by Gasteiger charge is -2.26. The zero-order valence-electron chi connectivity index (χ0n) is 17.0. The van der Waals surface area contributed by atoms with Gasteiger partial charge < -0.3 is 19.5 Å². The smallest absolute Gasteiger partial charge is 0.123 e. The first-order chi connectivity index (χ1) is 12.5. The lowest BCUT2D eigenvalue weighted by Crippen LogP contribution is -2.40. The van der Waals surface area contributed by atoms with Crippen molar-refractivity contribution in [2.24, 2.45) is 0 Å². The van der Waals surface area contributed by atoms with Crippen LogP contribution in [0.5, 0.6) is 5.75 Å². The summed E-state index contributed by atoms with van der Waals surface area (Å²) in [5, 5.41) is 3.43. The number of aryl methyl sites for hydroxylation is 1. The molecule has 1 N–H and O–H groups in total. The summed E-state index contributed by atoms with van der Waals surface area (Å²) in [6, 6.07) is 6.39. The van der Waals surface area contributed by atoms with Gasteiger partial charge in [-0.3, -0.25) is 4.90 Å². The molecule has 1 aliphatic rings. The SMILES string of the molecule is Cc1ccc(OCCOCCNCCN2CCOCC2)c(C(C)(C)C)c1. The maximum Gasteiger partial charge on any atom is 0.123 e. The first-order valence-corrected chi connectivity index (χ1v) is 9.79. The first kappa shape index (κ1) is 21.2. The third-order valence-electron chi connectivity index (χ3n) is 4.56. The Hall–Kier alpha value is -1.14. The highest BCUT2D eigenvalue weighted by molar-refractivity contribution is 5.41. The Kier molecular flexibility index (Phi) is 8.85. The predicted octanol–water partition coefficient (Wildman–Crippen LogP) is 2.61. The Labute approximate surface area is 159 Å². The van der Waals surface area contributed by atoms with Gasteiger partial charge in [-0.05, 0) is 24.0 Å². The van der Waals surface area contributed by atoms with Crippen molar-refractivity contribution in [2.75, 3.05) is 65.8 Å². The summed E-state index contributed by atoms with van der Waals surface area (Å²) < 4.78 is 17.0. The van der Waals surface area contributed by atoms with E-state index >= 15 is 0 Å². The minimum absolute atomic E-state index is 0.0760. The van der Waals surface area contributed by atoms with Crippen LogP contribution in [-0.2, 0) is 14.9 Å². The second-order valence-electron chi connectivity index (χ2n) is 7.91. The van der Waals surface area contributed by atoms with Crippen molar-refractivity contribution >= 4 is 0 Å². The van der Waals surface area contributed by atoms with Crippen LogP contribution in [-0.4, -0.2) is 70.7 Å². The maximum absolute atomic E-state index is 5.96. The number of rotatable bonds is 10. The molecule has 1 aromatic rings. The Balaban J connectivity index is 1.54. The normalized spacial score (nSPS) is 16.0. The molecule has 0 radical (unpaired) electrons. The molecule has 5 heteroatoms. The van der Waals surface area contributed by atoms with Crippen molar-refractivity contribution in [3.63, 3.8) is 0 Å². The van der Waals surface area contributed by atoms with Crippen molar-refractivity contribution in [3.05, 3.63) is 29.3 Å². The van der Waals surface area contributed by atoms with Gasteiger partial charge in [0.1, 0.15) is 12.4 Å². The quantitative estimate of drug-likeness (QED) is 0.647. The van der Waals surface area contributed by atoms with Gasteiger partial charge in [-0.15, -0.1) is 0 Å². The molecule has 26 heavy (non-hydrogen) atoms. The van der Waals surface area contributed by atoms with Crippen LogP contribution in [0.4, 0.5) is 0 Å². The molecule has 0 saturated carbocycles. The van der Waals surface area contributed by atoms with E-state index in [1.165, 1.54) is 11.1 Å². The number of nitrogens with one attached hydrogen (secondary N) is 1. The number of hydrogen-bond donors (Lipinski definition) is 1. The van der Waals surface area contributed by atoms with Gasteiger partial charge in [0.15, 0.2) is 0 Å². The predicted molar refractivity (Wildman–Crippen MR) is 106 cm³/mol. The van der Waals surface area contributed by atoms with Gasteiger partial charge in [0, 0.05) is 32.7 Å². The number of benzene rings is 1. The van der Waals surface area contributed by atoms with Crippen LogP contribution in [0.1, 0.15) is 31.9 Å². The van der Waals surface area contributed by atoms with Crippen LogP contribution >= 0.6 is 0 Å². The van der Waals surface area contributed by atoms with Crippen LogP contribution < -0.4 is 10.1 Å². The second kappa shape index (κ2) is 10.9. The second-order valence-corrected chi connectivity index (χ2v) is 7.91. The molecule has 148 valence electrons. The van der Waals surface area contributed by atoms with Gasteiger partial charge in [-0.2, -0.15) is 0 Å². The molecule has 0 amide bonds. The summed E-state index contributed by atoms with van der Waals surface area (Å²) >= 11 is 0. The van der Waals surface area contributed by atoms with Crippen molar-refractivity contribution < 1.29 is 14.2 Å². The van der Waals surface area contributed by atoms with E-state index in [1.54, 1.807) is 0 Å². The molecule has 2 rings (SSSR count). The molecule has 0 unspecified atom stereocenters. The Morgan fingerprint density at radius 3 is 2.58 bits per heavy atom. The zero-order valence-corrected chi connectivity index (χ0v) is 17.0. The molecule has 0 bridgehead atoms. The zero-order chi connectivity index (χ0) is 18.8. The molecule has 1 saturated heterocycles. The van der Waals surface area contributed by atoms with Crippen LogP contribution in [0.3, 0.4) is 0 Å². The summed E-state index contributed by atoms with van der Waals surface area (Å²) in [7, 11) is 0. The summed E-state index contributed by atoms with van der Waals surface area (Å²) in [6.07, 6.45) is 0. The van der Waals surface area contributed by atoms with E-state index in [-0.39, 0.29) is 5.41 Å². The molecule has 0 aliphatic carbocycles. The van der Waals surface area contributed by atoms with Crippen LogP contribution in [0.15, 0.2) is 18.2 Å². The fourth-order valence-corrected chi connectivity index (χ4v) is 3.00. The minimum Gasteiger partial charge on any atom is -0.491 e. The van der Waals surface area contributed by atoms with Gasteiger partial charge in [-0.1, -0.05) is 38.5 Å². The summed E-state index contributed by atoms with van der Waals surface area (Å²) in [5.41, 5.74) is 2.59. The monoisotopic (exact) mass is 364 g/mol. The average molecular weight is 365 g/mol. The van der Waals surface area contributed by atoms with Crippen molar-refractivity contribution in [1.82, 2.24) is 10.2 Å². The highest BCUT2D eigenvalue weighted by atomic mass is 16.5. The molecule has 0 aromatic heterocycles. The van der Waals surface area contributed by atoms with E-state index in [2.05, 4.69) is 56.1 Å². The third kappa shape index (κ3) is 7.62. The fraction of sp³-hybridized carbons (Fsp3) is 0.714. The van der Waals surface area contributed by atoms with E-state index in [1.807, 2.05) is 0 Å². The fourth-order valence-electron chi connectivity index (χ4n) is 3.00. The van der Waals surface area contributed by atoms with Gasteiger partial charge in [-0.25, -0.2) is 0 Å². The number of nitrogens with zero attached hydrogens (tertiary/aromatic N) is 1. The third-order valence-corrected chi connectivity index (χ3v) is 4.56. The van der Waals surface area contributed by atoms with E-state index in [0.717, 1.165) is 51.7 Å². The van der Waals surface area contributed by atoms with Gasteiger partial charge >= 0.3 is 0 Å². The van der Waals surface area contributed by atoms with Crippen LogP contribution in [0.2, 0.25) is 0 Å². The Morgan fingerprint density at radius 1 is 1.08 bits per heavy atom. The molecule has 0 spiro atoms. The lowest BCUT2D eigenvalue weighted by atomic mass is 9.85. The average Bonchev–Trinajstić information content (AvgIpc) is 2.61. The molecular formula is C21H36N2O3. The van der Waals surface area contributed by atoms with Crippen molar-refractivity contribution in [1.29, 1.82) is 0 Å². The Morgan fingerprint density at radius 2 is 1.85 bits per heavy atom. The summed E-state index contributed by atoms with van der Waals surface area (Å²) in [6.45, 7) is 17.5.